The van der Waals surface area contributed by atoms with Crippen LogP contribution in [-0.4, -0.2) is 74.6 Å². The molecule has 0 aliphatic heterocycles. The quantitative estimate of drug-likeness (QED) is 0.154. The number of carboxylic acid groups (broad SMARTS) is 1. The molecule has 0 aromatic heterocycles. The van der Waals surface area contributed by atoms with Crippen molar-refractivity contribution in [3.8, 4) is 23.0 Å². The Hall–Kier alpha value is -4.52. The molecule has 0 spiro atoms. The van der Waals surface area contributed by atoms with Gasteiger partial charge in [0.25, 0.3) is 11.8 Å². The van der Waals surface area contributed by atoms with Crippen molar-refractivity contribution in [1.29, 1.82) is 0 Å². The number of benzene rings is 2. The highest BCUT2D eigenvalue weighted by Gasteiger charge is 2.26. The van der Waals surface area contributed by atoms with Crippen LogP contribution in [0.2, 0.25) is 0 Å². The summed E-state index contributed by atoms with van der Waals surface area (Å²) in [4.78, 5) is 47.8. The number of aliphatic hydroxyl groups excluding tert-OH is 1. The average Bonchev–Trinajstić information content (AvgIpc) is 2.77. The SMILES string of the molecule is O=C(N[C@@H](COC(=O)[C@H](CO)NC(=O)c1cccc(O)c1O)C(=O)[O-])c1cccc(O)c1O. The second-order valence-electron chi connectivity index (χ2n) is 6.53. The third kappa shape index (κ3) is 6.01. The van der Waals surface area contributed by atoms with E-state index in [2.05, 4.69) is 0 Å². The van der Waals surface area contributed by atoms with Crippen LogP contribution in [0.25, 0.3) is 0 Å². The van der Waals surface area contributed by atoms with E-state index in [9.17, 15) is 49.8 Å². The largest absolute Gasteiger partial charge is 0.548 e. The number of hydrogen-bond donors (Lipinski definition) is 7. The average molecular weight is 463 g/mol. The first kappa shape index (κ1) is 24.7. The lowest BCUT2D eigenvalue weighted by atomic mass is 10.1. The normalized spacial score (nSPS) is 12.3. The third-order valence-electron chi connectivity index (χ3n) is 4.27. The summed E-state index contributed by atoms with van der Waals surface area (Å²) in [6, 6.07) is 3.30. The van der Waals surface area contributed by atoms with Crippen LogP contribution in [-0.2, 0) is 14.3 Å². The van der Waals surface area contributed by atoms with Crippen molar-refractivity contribution in [1.82, 2.24) is 10.6 Å². The maximum absolute atomic E-state index is 12.2. The molecule has 13 heteroatoms. The molecule has 0 unspecified atom stereocenters. The van der Waals surface area contributed by atoms with Crippen LogP contribution >= 0.6 is 0 Å². The molecule has 2 rings (SSSR count). The molecule has 0 saturated carbocycles. The van der Waals surface area contributed by atoms with Crippen molar-refractivity contribution in [2.75, 3.05) is 13.2 Å². The van der Waals surface area contributed by atoms with E-state index in [1.807, 2.05) is 10.6 Å². The third-order valence-corrected chi connectivity index (χ3v) is 4.27. The maximum Gasteiger partial charge on any atom is 0.331 e. The van der Waals surface area contributed by atoms with Gasteiger partial charge in [0, 0.05) is 0 Å². The zero-order chi connectivity index (χ0) is 24.7. The van der Waals surface area contributed by atoms with Gasteiger partial charge in [0.1, 0.15) is 12.6 Å². The number of carbonyl (C=O) groups is 4. The molecule has 0 radical (unpaired) electrons. The lowest BCUT2D eigenvalue weighted by molar-refractivity contribution is -0.308. The predicted octanol–water partition coefficient (Wildman–Crippen LogP) is -2.31. The number of carbonyl (C=O) groups excluding carboxylic acids is 4. The Kier molecular flexibility index (Phi) is 8.01. The predicted molar refractivity (Wildman–Crippen MR) is 105 cm³/mol. The topological polar surface area (TPSA) is 226 Å². The first-order chi connectivity index (χ1) is 15.6. The van der Waals surface area contributed by atoms with Crippen molar-refractivity contribution in [2.24, 2.45) is 0 Å². The molecule has 0 fully saturated rings. The van der Waals surface area contributed by atoms with E-state index < -0.39 is 83.2 Å². The number of nitrogens with one attached hydrogen (secondary N) is 2. The minimum atomic E-state index is -1.90. The highest BCUT2D eigenvalue weighted by atomic mass is 16.5. The number of aliphatic carboxylic acids is 1. The number of amides is 2. The van der Waals surface area contributed by atoms with Crippen molar-refractivity contribution in [3.63, 3.8) is 0 Å². The first-order valence-corrected chi connectivity index (χ1v) is 9.18. The standard InChI is InChI=1S/C20H20N2O11/c23-7-11(21-17(28)9-3-1-5-13(24)15(9)26)20(32)33-8-12(19(30)31)22-18(29)10-4-2-6-14(25)16(10)27/h1-6,11-12,23-27H,7-8H2,(H,21,28)(H,22,29)(H,30,31)/p-1/t11-,12-/m0/s1. The zero-order valence-corrected chi connectivity index (χ0v) is 16.7. The van der Waals surface area contributed by atoms with E-state index in [0.717, 1.165) is 24.3 Å². The van der Waals surface area contributed by atoms with E-state index in [1.54, 1.807) is 0 Å². The molecule has 0 bridgehead atoms. The Morgan fingerprint density at radius 1 is 0.818 bits per heavy atom. The summed E-state index contributed by atoms with van der Waals surface area (Å²) in [6.07, 6.45) is 0. The van der Waals surface area contributed by atoms with Gasteiger partial charge in [-0.15, -0.1) is 0 Å². The summed E-state index contributed by atoms with van der Waals surface area (Å²) < 4.78 is 4.73. The summed E-state index contributed by atoms with van der Waals surface area (Å²) in [5, 5.41) is 62.9. The van der Waals surface area contributed by atoms with E-state index in [0.29, 0.717) is 0 Å². The monoisotopic (exact) mass is 463 g/mol. The number of aliphatic hydroxyl groups is 1. The number of carboxylic acids is 1. The lowest BCUT2D eigenvalue weighted by Crippen LogP contribution is -2.52. The molecule has 2 aromatic carbocycles. The fourth-order valence-corrected chi connectivity index (χ4v) is 2.51. The van der Waals surface area contributed by atoms with Crippen LogP contribution in [0.4, 0.5) is 0 Å². The van der Waals surface area contributed by atoms with E-state index in [-0.39, 0.29) is 0 Å². The van der Waals surface area contributed by atoms with Gasteiger partial charge in [-0.05, 0) is 24.3 Å². The Bertz CT molecular complexity index is 1070. The van der Waals surface area contributed by atoms with E-state index in [1.165, 1.54) is 12.1 Å². The minimum absolute atomic E-state index is 0.410. The highest BCUT2D eigenvalue weighted by molar-refractivity contribution is 6.00. The van der Waals surface area contributed by atoms with Gasteiger partial charge in [-0.25, -0.2) is 4.79 Å². The Balaban J connectivity index is 2.03. The molecule has 176 valence electrons. The number of aromatic hydroxyl groups is 4. The summed E-state index contributed by atoms with van der Waals surface area (Å²) >= 11 is 0. The van der Waals surface area contributed by atoms with E-state index >= 15 is 0 Å². The van der Waals surface area contributed by atoms with Crippen LogP contribution in [0.1, 0.15) is 20.7 Å². The smallest absolute Gasteiger partial charge is 0.331 e. The number of hydrogen-bond acceptors (Lipinski definition) is 11. The van der Waals surface area contributed by atoms with Gasteiger partial charge < -0.3 is 50.8 Å². The molecule has 0 saturated heterocycles. The first-order valence-electron chi connectivity index (χ1n) is 9.18. The van der Waals surface area contributed by atoms with Crippen LogP contribution in [0, 0.1) is 0 Å². The second kappa shape index (κ2) is 10.7. The van der Waals surface area contributed by atoms with Crippen LogP contribution in [0.5, 0.6) is 23.0 Å². The molecule has 13 nitrogen and oxygen atoms in total. The van der Waals surface area contributed by atoms with Crippen molar-refractivity contribution >= 4 is 23.8 Å². The van der Waals surface area contributed by atoms with Crippen LogP contribution in [0.15, 0.2) is 36.4 Å². The molecule has 2 amide bonds. The second-order valence-corrected chi connectivity index (χ2v) is 6.53. The fourth-order valence-electron chi connectivity index (χ4n) is 2.51. The summed E-state index contributed by atoms with van der Waals surface area (Å²) in [5.41, 5.74) is -0.869. The molecule has 7 N–H and O–H groups in total. The molecule has 2 aromatic rings. The van der Waals surface area contributed by atoms with E-state index in [4.69, 9.17) is 4.74 Å². The Morgan fingerprint density at radius 2 is 1.27 bits per heavy atom. The van der Waals surface area contributed by atoms with Gasteiger partial charge in [-0.1, -0.05) is 12.1 Å². The number of esters is 1. The number of phenols is 4. The number of rotatable bonds is 9. The summed E-state index contributed by atoms with van der Waals surface area (Å²) in [7, 11) is 0. The number of phenolic OH excluding ortho intramolecular Hbond substituents is 4. The van der Waals surface area contributed by atoms with Crippen molar-refractivity contribution in [3.05, 3.63) is 47.5 Å². The van der Waals surface area contributed by atoms with Gasteiger partial charge in [0.05, 0.1) is 23.7 Å². The molecular weight excluding hydrogens is 444 g/mol. The molecule has 0 aliphatic rings. The Labute approximate surface area is 185 Å². The summed E-state index contributed by atoms with van der Waals surface area (Å²) in [5.74, 6) is -8.12. The minimum Gasteiger partial charge on any atom is -0.548 e. The maximum atomic E-state index is 12.2. The highest BCUT2D eigenvalue weighted by Crippen LogP contribution is 2.28. The Morgan fingerprint density at radius 3 is 1.70 bits per heavy atom. The van der Waals surface area contributed by atoms with Crippen molar-refractivity contribution in [2.45, 2.75) is 12.1 Å². The van der Waals surface area contributed by atoms with Gasteiger partial charge in [0.15, 0.2) is 29.0 Å². The number of ether oxygens (including phenoxy) is 1. The summed E-state index contributed by atoms with van der Waals surface area (Å²) in [6.45, 7) is -1.94. The van der Waals surface area contributed by atoms with Gasteiger partial charge in [0.2, 0.25) is 0 Å². The number of para-hydroxylation sites is 2. The molecule has 2 atom stereocenters. The molecule has 33 heavy (non-hydrogen) atoms. The van der Waals surface area contributed by atoms with Gasteiger partial charge >= 0.3 is 5.97 Å². The molecular formula is C20H19N2O11-. The lowest BCUT2D eigenvalue weighted by Gasteiger charge is -2.22. The molecule has 0 aliphatic carbocycles. The zero-order valence-electron chi connectivity index (χ0n) is 16.7. The molecule has 0 heterocycles. The van der Waals surface area contributed by atoms with Crippen LogP contribution in [0.3, 0.4) is 0 Å². The van der Waals surface area contributed by atoms with Crippen molar-refractivity contribution < 1.29 is 54.6 Å². The van der Waals surface area contributed by atoms with Crippen LogP contribution < -0.4 is 15.7 Å². The fraction of sp³-hybridized carbons (Fsp3) is 0.200. The van der Waals surface area contributed by atoms with Gasteiger partial charge in [-0.3, -0.25) is 9.59 Å². The van der Waals surface area contributed by atoms with Gasteiger partial charge in [-0.2, -0.15) is 0 Å².